The molecule has 20 heteroatoms. The molecule has 0 aliphatic carbocycles. The number of halogens is 1. The Morgan fingerprint density at radius 1 is 0.855 bits per heavy atom. The molecule has 0 radical (unpaired) electrons. The molecule has 1 unspecified atom stereocenters. The quantitative estimate of drug-likeness (QED) is 0.130. The zero-order chi connectivity index (χ0) is 47.6. The smallest absolute Gasteiger partial charge is 0.262 e. The number of nitrogens with one attached hydrogen (secondary N) is 3. The summed E-state index contributed by atoms with van der Waals surface area (Å²) in [5.41, 5.74) is 5.75. The van der Waals surface area contributed by atoms with Crippen molar-refractivity contribution in [2.24, 2.45) is 5.92 Å². The van der Waals surface area contributed by atoms with Crippen molar-refractivity contribution in [2.45, 2.75) is 57.0 Å². The zero-order valence-electron chi connectivity index (χ0n) is 38.3. The van der Waals surface area contributed by atoms with Crippen molar-refractivity contribution in [2.75, 3.05) is 92.2 Å². The number of imide groups is 2. The molecule has 18 nitrogen and oxygen atoms in total. The molecule has 69 heavy (non-hydrogen) atoms. The molecule has 3 N–H and O–H groups in total. The molecule has 1 atom stereocenters. The van der Waals surface area contributed by atoms with Crippen LogP contribution in [0.2, 0.25) is 5.02 Å². The van der Waals surface area contributed by atoms with Gasteiger partial charge in [0, 0.05) is 99.8 Å². The van der Waals surface area contributed by atoms with Crippen LogP contribution in [0.25, 0.3) is 10.9 Å². The number of benzene rings is 3. The first-order valence-electron chi connectivity index (χ1n) is 23.8. The number of piperazine rings is 1. The SMILES string of the molecule is CS(=O)(=O)n1ccc2cccc(Nc3nc(Nc4ccc(N5CCC(N6CCN(CCCC7CN(c8ccc9c(c8)C(=O)N(C8CCC(=O)NC8=O)C9=O)C7)CC6)CC5)c5c4OCC5)ncc3Cl)c21. The van der Waals surface area contributed by atoms with Crippen molar-refractivity contribution in [3.05, 3.63) is 88.7 Å². The van der Waals surface area contributed by atoms with Gasteiger partial charge < -0.3 is 30.1 Å². The van der Waals surface area contributed by atoms with E-state index in [1.165, 1.54) is 27.6 Å². The van der Waals surface area contributed by atoms with Gasteiger partial charge >= 0.3 is 0 Å². The lowest BCUT2D eigenvalue weighted by molar-refractivity contribution is -0.136. The van der Waals surface area contributed by atoms with Gasteiger partial charge in [0.1, 0.15) is 16.8 Å². The van der Waals surface area contributed by atoms with E-state index in [1.807, 2.05) is 24.3 Å². The van der Waals surface area contributed by atoms with Crippen molar-refractivity contribution in [1.82, 2.24) is 34.0 Å². The van der Waals surface area contributed by atoms with Crippen LogP contribution in [-0.2, 0) is 26.0 Å². The highest BCUT2D eigenvalue weighted by molar-refractivity contribution is 7.89. The van der Waals surface area contributed by atoms with E-state index < -0.39 is 33.8 Å². The Balaban J connectivity index is 0.631. The first-order valence-corrected chi connectivity index (χ1v) is 26.1. The average molecular weight is 977 g/mol. The van der Waals surface area contributed by atoms with Crippen LogP contribution in [0, 0.1) is 5.92 Å². The number of carbonyl (C=O) groups excluding carboxylic acids is 4. The van der Waals surface area contributed by atoms with E-state index in [4.69, 9.17) is 16.3 Å². The van der Waals surface area contributed by atoms with Gasteiger partial charge in [-0.25, -0.2) is 17.4 Å². The van der Waals surface area contributed by atoms with Crippen LogP contribution in [0.15, 0.2) is 67.0 Å². The second-order valence-electron chi connectivity index (χ2n) is 19.0. The second kappa shape index (κ2) is 18.2. The summed E-state index contributed by atoms with van der Waals surface area (Å²) < 4.78 is 32.5. The maximum atomic E-state index is 13.3. The summed E-state index contributed by atoms with van der Waals surface area (Å²) in [7, 11) is -3.55. The minimum absolute atomic E-state index is 0.0981. The monoisotopic (exact) mass is 975 g/mol. The molecule has 4 fully saturated rings. The van der Waals surface area contributed by atoms with Crippen LogP contribution in [0.4, 0.5) is 34.5 Å². The van der Waals surface area contributed by atoms with Gasteiger partial charge in [0.2, 0.25) is 27.8 Å². The molecule has 0 bridgehead atoms. The number of hydrogen-bond acceptors (Lipinski definition) is 15. The Hall–Kier alpha value is -6.28. The van der Waals surface area contributed by atoms with E-state index >= 15 is 0 Å². The first-order chi connectivity index (χ1) is 33.4. The zero-order valence-corrected chi connectivity index (χ0v) is 39.9. The van der Waals surface area contributed by atoms with Gasteiger partial charge in [-0.15, -0.1) is 0 Å². The van der Waals surface area contributed by atoms with Crippen molar-refractivity contribution in [3.63, 3.8) is 0 Å². The molecule has 5 aromatic rings. The van der Waals surface area contributed by atoms with Crippen LogP contribution in [0.3, 0.4) is 0 Å². The standard InChI is InChI=1S/C49H54ClN11O7S/c1-69(66,67)60-20-13-31-5-2-6-38(43(31)60)52-45-37(50)27-51-49(55-45)53-39-9-10-40(35-16-25-68-44(35)39)58-18-14-32(15-19-58)57-23-21-56(22-24-57)17-3-4-30-28-59(29-30)33-7-8-34-36(26-33)48(65)61(47(34)64)41-11-12-42(62)54-46(41)63/h2,5-10,13,20,26-27,30,32,41H,3-4,11-12,14-19,21-25,28-29H2,1H3,(H,54,62,63)(H2,51,52,53,55). The molecular formula is C49H54ClN11O7S. The molecule has 360 valence electrons. The van der Waals surface area contributed by atoms with E-state index in [1.54, 1.807) is 24.3 Å². The number of nitrogens with zero attached hydrogens (tertiary/aromatic N) is 8. The van der Waals surface area contributed by atoms with Gasteiger partial charge in [0.25, 0.3) is 11.8 Å². The molecule has 2 aromatic heterocycles. The van der Waals surface area contributed by atoms with Crippen molar-refractivity contribution in [1.29, 1.82) is 0 Å². The Morgan fingerprint density at radius 2 is 1.65 bits per heavy atom. The predicted octanol–water partition coefficient (Wildman–Crippen LogP) is 5.22. The number of fused-ring (bicyclic) bond motifs is 3. The van der Waals surface area contributed by atoms with Gasteiger partial charge in [-0.05, 0) is 87.0 Å². The fraction of sp³-hybridized carbons (Fsp3) is 0.429. The number of para-hydroxylation sites is 1. The van der Waals surface area contributed by atoms with Crippen molar-refractivity contribution < 1.29 is 32.3 Å². The Morgan fingerprint density at radius 3 is 2.43 bits per heavy atom. The van der Waals surface area contributed by atoms with E-state index in [0.717, 1.165) is 125 Å². The highest BCUT2D eigenvalue weighted by Gasteiger charge is 2.45. The summed E-state index contributed by atoms with van der Waals surface area (Å²) >= 11 is 6.56. The molecule has 6 aliphatic rings. The number of rotatable bonds is 13. The predicted molar refractivity (Wildman–Crippen MR) is 263 cm³/mol. The maximum Gasteiger partial charge on any atom is 0.262 e. The third-order valence-corrected chi connectivity index (χ3v) is 16.0. The molecule has 8 heterocycles. The lowest BCUT2D eigenvalue weighted by Crippen LogP contribution is -2.54. The lowest BCUT2D eigenvalue weighted by Gasteiger charge is -2.44. The van der Waals surface area contributed by atoms with Crippen molar-refractivity contribution in [3.8, 4) is 5.75 Å². The largest absolute Gasteiger partial charge is 0.491 e. The van der Waals surface area contributed by atoms with Gasteiger partial charge in [-0.2, -0.15) is 4.98 Å². The van der Waals surface area contributed by atoms with E-state index in [-0.39, 0.29) is 23.8 Å². The van der Waals surface area contributed by atoms with Crippen LogP contribution >= 0.6 is 11.6 Å². The van der Waals surface area contributed by atoms with Crippen LogP contribution < -0.4 is 30.5 Å². The fourth-order valence-corrected chi connectivity index (χ4v) is 12.0. The summed E-state index contributed by atoms with van der Waals surface area (Å²) in [6.45, 7) is 9.79. The van der Waals surface area contributed by atoms with Gasteiger partial charge in [-0.3, -0.25) is 34.3 Å². The minimum atomic E-state index is -3.55. The lowest BCUT2D eigenvalue weighted by atomic mass is 9.93. The first kappa shape index (κ1) is 45.2. The van der Waals surface area contributed by atoms with E-state index in [0.29, 0.717) is 52.7 Å². The Kier molecular flexibility index (Phi) is 11.9. The van der Waals surface area contributed by atoms with Gasteiger partial charge in [-0.1, -0.05) is 23.7 Å². The summed E-state index contributed by atoms with van der Waals surface area (Å²) in [5.74, 6) is 0.103. The van der Waals surface area contributed by atoms with E-state index in [2.05, 4.69) is 51.6 Å². The maximum absolute atomic E-state index is 13.3. The summed E-state index contributed by atoms with van der Waals surface area (Å²) in [6.07, 6.45) is 9.77. The second-order valence-corrected chi connectivity index (χ2v) is 21.2. The third kappa shape index (κ3) is 8.74. The number of carbonyl (C=O) groups is 4. The molecule has 6 aliphatic heterocycles. The van der Waals surface area contributed by atoms with Gasteiger partial charge in [0.05, 0.1) is 47.1 Å². The van der Waals surface area contributed by atoms with Crippen molar-refractivity contribution >= 4 is 90.7 Å². The van der Waals surface area contributed by atoms with Crippen LogP contribution in [-0.4, -0.2) is 145 Å². The number of amides is 4. The molecule has 4 saturated heterocycles. The number of piperidine rings is 2. The summed E-state index contributed by atoms with van der Waals surface area (Å²) in [6, 6.07) is 16.4. The molecular weight excluding hydrogens is 922 g/mol. The summed E-state index contributed by atoms with van der Waals surface area (Å²) in [5, 5.41) is 9.87. The molecule has 0 saturated carbocycles. The molecule has 11 rings (SSSR count). The Labute approximate surface area is 405 Å². The Bertz CT molecular complexity index is 3000. The summed E-state index contributed by atoms with van der Waals surface area (Å²) in [4.78, 5) is 70.7. The number of ether oxygens (including phenoxy) is 1. The van der Waals surface area contributed by atoms with Crippen LogP contribution in [0.1, 0.15) is 64.8 Å². The van der Waals surface area contributed by atoms with Crippen LogP contribution in [0.5, 0.6) is 5.75 Å². The number of anilines is 6. The third-order valence-electron chi connectivity index (χ3n) is 14.7. The van der Waals surface area contributed by atoms with E-state index in [9.17, 15) is 27.6 Å². The normalized spacial score (nSPS) is 20.6. The molecule has 0 spiro atoms. The average Bonchev–Trinajstić information content (AvgIpc) is 4.07. The number of aromatic nitrogens is 3. The fourth-order valence-electron chi connectivity index (χ4n) is 11.0. The number of hydrogen-bond donors (Lipinski definition) is 3. The molecule has 3 aromatic carbocycles. The topological polar surface area (TPSA) is 195 Å². The van der Waals surface area contributed by atoms with Gasteiger partial charge in [0.15, 0.2) is 5.82 Å². The highest BCUT2D eigenvalue weighted by Crippen LogP contribution is 2.43. The highest BCUT2D eigenvalue weighted by atomic mass is 35.5. The minimum Gasteiger partial charge on any atom is -0.491 e. The molecule has 4 amide bonds.